The summed E-state index contributed by atoms with van der Waals surface area (Å²) in [5.41, 5.74) is 3.14. The summed E-state index contributed by atoms with van der Waals surface area (Å²) >= 11 is 0. The summed E-state index contributed by atoms with van der Waals surface area (Å²) in [5.74, 6) is -0.601. The maximum atomic E-state index is 12.2. The normalized spacial score (nSPS) is 11.0. The van der Waals surface area contributed by atoms with E-state index in [2.05, 4.69) is 25.3 Å². The Kier molecular flexibility index (Phi) is 5.01. The van der Waals surface area contributed by atoms with E-state index >= 15 is 0 Å². The molecular weight excluding hydrogens is 356 g/mol. The monoisotopic (exact) mass is 376 g/mol. The van der Waals surface area contributed by atoms with Gasteiger partial charge in [-0.2, -0.15) is 5.10 Å². The number of amides is 2. The minimum absolute atomic E-state index is 0.0826. The van der Waals surface area contributed by atoms with E-state index in [1.54, 1.807) is 16.8 Å². The number of fused-ring (bicyclic) bond motifs is 2. The smallest absolute Gasteiger partial charge is 0.272 e. The van der Waals surface area contributed by atoms with Crippen LogP contribution >= 0.6 is 0 Å². The molecule has 0 aliphatic rings. The van der Waals surface area contributed by atoms with Gasteiger partial charge in [-0.05, 0) is 36.8 Å². The molecule has 0 aliphatic carbocycles. The Balaban J connectivity index is 1.21. The van der Waals surface area contributed by atoms with Crippen molar-refractivity contribution < 1.29 is 9.59 Å². The highest BCUT2D eigenvalue weighted by Gasteiger charge is 2.11. The van der Waals surface area contributed by atoms with E-state index in [9.17, 15) is 9.59 Å². The van der Waals surface area contributed by atoms with Crippen molar-refractivity contribution in [1.82, 2.24) is 29.8 Å². The van der Waals surface area contributed by atoms with Crippen molar-refractivity contribution in [3.05, 3.63) is 66.7 Å². The van der Waals surface area contributed by atoms with E-state index < -0.39 is 0 Å². The van der Waals surface area contributed by atoms with Crippen LogP contribution in [0.15, 0.2) is 61.1 Å². The molecule has 0 saturated heterocycles. The number of carbonyl (C=O) groups is 2. The summed E-state index contributed by atoms with van der Waals surface area (Å²) in [5, 5.41) is 9.59. The number of benzene rings is 1. The van der Waals surface area contributed by atoms with Gasteiger partial charge in [-0.1, -0.05) is 18.2 Å². The number of rotatable bonds is 7. The molecule has 4 rings (SSSR count). The largest absolute Gasteiger partial charge is 0.355 e. The second kappa shape index (κ2) is 7.91. The number of para-hydroxylation sites is 2. The molecule has 4 aromatic rings. The van der Waals surface area contributed by atoms with Gasteiger partial charge in [0.15, 0.2) is 5.69 Å². The van der Waals surface area contributed by atoms with E-state index in [1.807, 2.05) is 48.8 Å². The van der Waals surface area contributed by atoms with Gasteiger partial charge in [0, 0.05) is 19.3 Å². The van der Waals surface area contributed by atoms with Crippen molar-refractivity contribution in [3.63, 3.8) is 0 Å². The van der Waals surface area contributed by atoms with Gasteiger partial charge in [-0.25, -0.2) is 9.50 Å². The Morgan fingerprint density at radius 1 is 1.04 bits per heavy atom. The fourth-order valence-electron chi connectivity index (χ4n) is 3.03. The van der Waals surface area contributed by atoms with Crippen LogP contribution in [-0.2, 0) is 11.3 Å². The summed E-state index contributed by atoms with van der Waals surface area (Å²) < 4.78 is 3.68. The molecule has 0 atom stereocenters. The van der Waals surface area contributed by atoms with E-state index in [0.29, 0.717) is 6.54 Å². The molecule has 3 aromatic heterocycles. The summed E-state index contributed by atoms with van der Waals surface area (Å²) in [6.07, 6.45) is 4.34. The second-order valence-electron chi connectivity index (χ2n) is 6.41. The molecular formula is C20H20N6O2. The van der Waals surface area contributed by atoms with Crippen LogP contribution in [-0.4, -0.2) is 44.1 Å². The number of aromatic nitrogens is 4. The van der Waals surface area contributed by atoms with Crippen molar-refractivity contribution in [3.8, 4) is 0 Å². The van der Waals surface area contributed by atoms with Crippen LogP contribution in [0.5, 0.6) is 0 Å². The quantitative estimate of drug-likeness (QED) is 0.479. The topological polar surface area (TPSA) is 93.3 Å². The summed E-state index contributed by atoms with van der Waals surface area (Å²) in [4.78, 5) is 28.5. The standard InChI is InChI=1S/C20H20N6O2/c27-19(13-22-20(28)17-12-15-6-3-4-11-26(15)24-17)21-9-5-10-25-14-23-16-7-1-2-8-18(16)25/h1-4,6-8,11-12,14H,5,9-10,13H2,(H,21,27)(H,22,28). The molecule has 0 bridgehead atoms. The summed E-state index contributed by atoms with van der Waals surface area (Å²) in [6.45, 7) is 1.20. The molecule has 0 fully saturated rings. The molecule has 1 aromatic carbocycles. The van der Waals surface area contributed by atoms with Crippen LogP contribution in [0.25, 0.3) is 16.6 Å². The lowest BCUT2D eigenvalue weighted by molar-refractivity contribution is -0.120. The number of hydrogen-bond donors (Lipinski definition) is 2. The van der Waals surface area contributed by atoms with Gasteiger partial charge in [-0.3, -0.25) is 9.59 Å². The number of hydrogen-bond acceptors (Lipinski definition) is 4. The summed E-state index contributed by atoms with van der Waals surface area (Å²) in [7, 11) is 0. The Morgan fingerprint density at radius 2 is 1.89 bits per heavy atom. The fraction of sp³-hybridized carbons (Fsp3) is 0.200. The molecule has 8 heteroatoms. The zero-order valence-electron chi connectivity index (χ0n) is 15.2. The SMILES string of the molecule is O=C(CNC(=O)c1cc2ccccn2n1)NCCCn1cnc2ccccc21. The zero-order valence-corrected chi connectivity index (χ0v) is 15.2. The van der Waals surface area contributed by atoms with Crippen LogP contribution in [0.3, 0.4) is 0 Å². The third-order valence-electron chi connectivity index (χ3n) is 4.44. The molecule has 0 aliphatic heterocycles. The van der Waals surface area contributed by atoms with Crippen molar-refractivity contribution in [2.24, 2.45) is 0 Å². The number of nitrogens with zero attached hydrogens (tertiary/aromatic N) is 4. The van der Waals surface area contributed by atoms with E-state index in [1.165, 1.54) is 0 Å². The molecule has 3 heterocycles. The second-order valence-corrected chi connectivity index (χ2v) is 6.41. The molecule has 8 nitrogen and oxygen atoms in total. The lowest BCUT2D eigenvalue weighted by Crippen LogP contribution is -2.37. The number of imidazole rings is 1. The first-order valence-electron chi connectivity index (χ1n) is 9.10. The molecule has 0 saturated carbocycles. The average molecular weight is 376 g/mol. The molecule has 0 unspecified atom stereocenters. The van der Waals surface area contributed by atoms with Crippen molar-refractivity contribution >= 4 is 28.4 Å². The minimum Gasteiger partial charge on any atom is -0.355 e. The first kappa shape index (κ1) is 17.7. The number of aryl methyl sites for hydroxylation is 1. The van der Waals surface area contributed by atoms with Crippen LogP contribution < -0.4 is 10.6 Å². The van der Waals surface area contributed by atoms with Crippen LogP contribution in [0, 0.1) is 0 Å². The Labute approximate surface area is 161 Å². The molecule has 0 spiro atoms. The minimum atomic E-state index is -0.372. The van der Waals surface area contributed by atoms with Crippen molar-refractivity contribution in [2.75, 3.05) is 13.1 Å². The number of carbonyl (C=O) groups excluding carboxylic acids is 2. The maximum Gasteiger partial charge on any atom is 0.272 e. The zero-order chi connectivity index (χ0) is 19.3. The number of pyridine rings is 1. The average Bonchev–Trinajstić information content (AvgIpc) is 3.33. The molecule has 142 valence electrons. The van der Waals surface area contributed by atoms with E-state index in [0.717, 1.165) is 29.5 Å². The van der Waals surface area contributed by atoms with Gasteiger partial charge < -0.3 is 15.2 Å². The van der Waals surface area contributed by atoms with E-state index in [-0.39, 0.29) is 24.1 Å². The predicted octanol–water partition coefficient (Wildman–Crippen LogP) is 1.62. The van der Waals surface area contributed by atoms with Crippen LogP contribution in [0.1, 0.15) is 16.9 Å². The van der Waals surface area contributed by atoms with E-state index in [4.69, 9.17) is 0 Å². The Bertz CT molecular complexity index is 1100. The summed E-state index contributed by atoms with van der Waals surface area (Å²) in [6, 6.07) is 15.2. The van der Waals surface area contributed by atoms with Gasteiger partial charge >= 0.3 is 0 Å². The lowest BCUT2D eigenvalue weighted by atomic mass is 10.3. The molecule has 0 radical (unpaired) electrons. The van der Waals surface area contributed by atoms with Crippen LogP contribution in [0.4, 0.5) is 0 Å². The van der Waals surface area contributed by atoms with Gasteiger partial charge in [0.05, 0.1) is 29.4 Å². The van der Waals surface area contributed by atoms with Crippen molar-refractivity contribution in [2.45, 2.75) is 13.0 Å². The molecule has 28 heavy (non-hydrogen) atoms. The Hall–Kier alpha value is -3.68. The maximum absolute atomic E-state index is 12.2. The van der Waals surface area contributed by atoms with Gasteiger partial charge in [0.25, 0.3) is 5.91 Å². The van der Waals surface area contributed by atoms with Crippen molar-refractivity contribution in [1.29, 1.82) is 0 Å². The molecule has 2 amide bonds. The van der Waals surface area contributed by atoms with Gasteiger partial charge in [0.1, 0.15) is 0 Å². The predicted molar refractivity (Wildman–Crippen MR) is 105 cm³/mol. The third kappa shape index (κ3) is 3.85. The highest BCUT2D eigenvalue weighted by atomic mass is 16.2. The highest BCUT2D eigenvalue weighted by Crippen LogP contribution is 2.11. The number of nitrogens with one attached hydrogen (secondary N) is 2. The molecule has 2 N–H and O–H groups in total. The van der Waals surface area contributed by atoms with Gasteiger partial charge in [-0.15, -0.1) is 0 Å². The van der Waals surface area contributed by atoms with Gasteiger partial charge in [0.2, 0.25) is 5.91 Å². The first-order chi connectivity index (χ1) is 13.7. The third-order valence-corrected chi connectivity index (χ3v) is 4.44. The first-order valence-corrected chi connectivity index (χ1v) is 9.10. The highest BCUT2D eigenvalue weighted by molar-refractivity contribution is 5.95. The lowest BCUT2D eigenvalue weighted by Gasteiger charge is -2.07. The Morgan fingerprint density at radius 3 is 2.79 bits per heavy atom. The van der Waals surface area contributed by atoms with Crippen LogP contribution in [0.2, 0.25) is 0 Å². The fourth-order valence-corrected chi connectivity index (χ4v) is 3.03.